The molecular formula is C41H48N10O2. The quantitative estimate of drug-likeness (QED) is 0.0810. The van der Waals surface area contributed by atoms with Crippen molar-refractivity contribution in [3.63, 3.8) is 0 Å². The van der Waals surface area contributed by atoms with Crippen molar-refractivity contribution in [3.8, 4) is 11.5 Å². The fraction of sp³-hybridized carbons (Fsp3) is 0.244. The summed E-state index contributed by atoms with van der Waals surface area (Å²) in [6, 6.07) is 36.1. The number of nitrogens with one attached hydrogen (secondary N) is 3. The number of anilines is 4. The van der Waals surface area contributed by atoms with E-state index < -0.39 is 5.66 Å². The molecule has 0 fully saturated rings. The third-order valence-electron chi connectivity index (χ3n) is 8.49. The zero-order valence-electron chi connectivity index (χ0n) is 30.7. The molecule has 274 valence electrons. The lowest BCUT2D eigenvalue weighted by atomic mass is 10.1. The summed E-state index contributed by atoms with van der Waals surface area (Å²) >= 11 is 0. The Balaban J connectivity index is 1.01. The first-order valence-electron chi connectivity index (χ1n) is 17.5. The normalized spacial score (nSPS) is 15.4. The highest BCUT2D eigenvalue weighted by Gasteiger charge is 2.26. The van der Waals surface area contributed by atoms with Gasteiger partial charge in [0.2, 0.25) is 5.95 Å². The van der Waals surface area contributed by atoms with Crippen LogP contribution in [0.1, 0.15) is 29.3 Å². The number of hydrogen-bond donors (Lipinski definition) is 5. The lowest BCUT2D eigenvalue weighted by Gasteiger charge is -2.31. The highest BCUT2D eigenvalue weighted by Crippen LogP contribution is 2.27. The molecule has 6 rings (SSSR count). The van der Waals surface area contributed by atoms with Gasteiger partial charge in [0.1, 0.15) is 35.6 Å². The lowest BCUT2D eigenvalue weighted by molar-refractivity contribution is 0.303. The van der Waals surface area contributed by atoms with Gasteiger partial charge in [-0.2, -0.15) is 4.98 Å². The van der Waals surface area contributed by atoms with E-state index in [1.807, 2.05) is 67.6 Å². The van der Waals surface area contributed by atoms with Gasteiger partial charge in [0, 0.05) is 37.5 Å². The van der Waals surface area contributed by atoms with Crippen LogP contribution in [0.15, 0.2) is 126 Å². The highest BCUT2D eigenvalue weighted by molar-refractivity contribution is 5.87. The molecule has 0 radical (unpaired) electrons. The highest BCUT2D eigenvalue weighted by atomic mass is 16.5. The number of rotatable bonds is 16. The Morgan fingerprint density at radius 1 is 0.755 bits per heavy atom. The molecule has 0 aliphatic carbocycles. The van der Waals surface area contributed by atoms with E-state index in [0.29, 0.717) is 49.6 Å². The number of benzene rings is 4. The zero-order valence-corrected chi connectivity index (χ0v) is 30.7. The molecule has 1 aliphatic heterocycles. The third-order valence-corrected chi connectivity index (χ3v) is 8.49. The van der Waals surface area contributed by atoms with Gasteiger partial charge >= 0.3 is 0 Å². The van der Waals surface area contributed by atoms with Crippen molar-refractivity contribution >= 4 is 29.0 Å². The minimum absolute atomic E-state index is 0.395. The van der Waals surface area contributed by atoms with Crippen molar-refractivity contribution in [2.24, 2.45) is 10.7 Å². The first-order valence-corrected chi connectivity index (χ1v) is 17.5. The second-order valence-electron chi connectivity index (χ2n) is 13.5. The van der Waals surface area contributed by atoms with Gasteiger partial charge in [0.05, 0.1) is 25.0 Å². The molecular weight excluding hydrogens is 665 g/mol. The number of aromatic nitrogens is 2. The molecule has 0 bridgehead atoms. The van der Waals surface area contributed by atoms with Crippen LogP contribution < -0.4 is 36.9 Å². The Hall–Kier alpha value is -6.11. The molecule has 7 N–H and O–H groups in total. The molecule has 12 nitrogen and oxygen atoms in total. The summed E-state index contributed by atoms with van der Waals surface area (Å²) in [4.78, 5) is 18.4. The lowest BCUT2D eigenvalue weighted by Crippen LogP contribution is -2.46. The Morgan fingerprint density at radius 2 is 1.45 bits per heavy atom. The monoisotopic (exact) mass is 712 g/mol. The predicted molar refractivity (Wildman–Crippen MR) is 213 cm³/mol. The van der Waals surface area contributed by atoms with Gasteiger partial charge in [-0.1, -0.05) is 66.7 Å². The van der Waals surface area contributed by atoms with Crippen LogP contribution in [-0.4, -0.2) is 59.0 Å². The Bertz CT molecular complexity index is 2040. The number of likely N-dealkylation sites (N-methyl/N-ethyl adjacent to an activating group) is 1. The zero-order chi connectivity index (χ0) is 37.2. The number of nitrogen functional groups attached to an aromatic ring is 1. The number of hydrogen-bond acceptors (Lipinski definition) is 12. The van der Waals surface area contributed by atoms with Crippen LogP contribution in [0.3, 0.4) is 0 Å². The minimum atomic E-state index is -0.705. The maximum Gasteiger partial charge on any atom is 0.229 e. The molecule has 1 aliphatic rings. The SMILES string of the molecule is COc1ccccc1Nc1nc(N)cc(CN(C)Cc2cccc(COc3ccc(NC4(C)C=C(N)NC(CN(C)Cc5ccccc5)=N4)cc3)c2)n1. The van der Waals surface area contributed by atoms with Gasteiger partial charge in [-0.25, -0.2) is 9.98 Å². The maximum absolute atomic E-state index is 6.29. The van der Waals surface area contributed by atoms with Crippen LogP contribution in [0.5, 0.6) is 11.5 Å². The van der Waals surface area contributed by atoms with Gasteiger partial charge in [0.15, 0.2) is 5.66 Å². The van der Waals surface area contributed by atoms with Gasteiger partial charge in [-0.15, -0.1) is 0 Å². The number of para-hydroxylation sites is 2. The Labute approximate surface area is 311 Å². The van der Waals surface area contributed by atoms with E-state index in [2.05, 4.69) is 93.4 Å². The number of methoxy groups -OCH3 is 1. The number of ether oxygens (including phenoxy) is 2. The largest absolute Gasteiger partial charge is 0.495 e. The molecule has 1 aromatic heterocycles. The van der Waals surface area contributed by atoms with Crippen LogP contribution in [0.2, 0.25) is 0 Å². The molecule has 0 saturated heterocycles. The van der Waals surface area contributed by atoms with E-state index in [-0.39, 0.29) is 0 Å². The summed E-state index contributed by atoms with van der Waals surface area (Å²) in [6.07, 6.45) is 1.89. The van der Waals surface area contributed by atoms with Gasteiger partial charge in [-0.05, 0) is 74.1 Å². The minimum Gasteiger partial charge on any atom is -0.495 e. The van der Waals surface area contributed by atoms with Crippen molar-refractivity contribution in [2.75, 3.05) is 44.1 Å². The fourth-order valence-corrected chi connectivity index (χ4v) is 6.27. The average Bonchev–Trinajstić information content (AvgIpc) is 3.11. The van der Waals surface area contributed by atoms with Crippen molar-refractivity contribution in [2.45, 2.75) is 38.8 Å². The maximum atomic E-state index is 6.29. The summed E-state index contributed by atoms with van der Waals surface area (Å²) < 4.78 is 11.6. The second kappa shape index (κ2) is 16.9. The number of aliphatic imine (C=N–C) groups is 1. The van der Waals surface area contributed by atoms with Crippen LogP contribution in [-0.2, 0) is 26.2 Å². The summed E-state index contributed by atoms with van der Waals surface area (Å²) in [7, 11) is 5.75. The number of amidine groups is 1. The van der Waals surface area contributed by atoms with Crippen molar-refractivity contribution in [1.29, 1.82) is 0 Å². The molecule has 1 unspecified atom stereocenters. The first-order chi connectivity index (χ1) is 25.6. The van der Waals surface area contributed by atoms with Gasteiger partial charge in [0.25, 0.3) is 0 Å². The third kappa shape index (κ3) is 10.7. The first kappa shape index (κ1) is 36.7. The standard InChI is InChI=1S/C41H48N10O2/c1-41(23-38(43)46-39(49-41)27-51(3)24-29-11-6-5-7-12-29)48-32-17-19-34(20-18-32)53-28-31-14-10-13-30(21-31)25-50(2)26-33-22-37(42)47-40(44-33)45-35-15-8-9-16-36(35)52-4/h5-23,48H,24-28,43H2,1-4H3,(H,46,49)(H3,42,44,45,47). The number of nitrogens with two attached hydrogens (primary N) is 2. The molecule has 5 aromatic rings. The van der Waals surface area contributed by atoms with Crippen LogP contribution in [0, 0.1) is 0 Å². The predicted octanol–water partition coefficient (Wildman–Crippen LogP) is 6.08. The molecule has 2 heterocycles. The van der Waals surface area contributed by atoms with Crippen LogP contribution in [0.25, 0.3) is 0 Å². The summed E-state index contributed by atoms with van der Waals surface area (Å²) in [5.41, 5.74) is 17.7. The topological polar surface area (TPSA) is 151 Å². The molecule has 0 amide bonds. The molecule has 0 saturated carbocycles. The van der Waals surface area contributed by atoms with E-state index in [9.17, 15) is 0 Å². The summed E-state index contributed by atoms with van der Waals surface area (Å²) in [6.45, 7) is 5.19. The smallest absolute Gasteiger partial charge is 0.229 e. The van der Waals surface area contributed by atoms with Gasteiger partial charge in [-0.3, -0.25) is 9.80 Å². The second-order valence-corrected chi connectivity index (χ2v) is 13.5. The Morgan fingerprint density at radius 3 is 2.25 bits per heavy atom. The van der Waals surface area contributed by atoms with E-state index in [1.165, 1.54) is 5.56 Å². The summed E-state index contributed by atoms with van der Waals surface area (Å²) in [5, 5.41) is 9.97. The van der Waals surface area contributed by atoms with Gasteiger partial charge < -0.3 is 36.9 Å². The van der Waals surface area contributed by atoms with E-state index in [0.717, 1.165) is 46.3 Å². The van der Waals surface area contributed by atoms with E-state index in [1.54, 1.807) is 13.2 Å². The molecule has 12 heteroatoms. The molecule has 53 heavy (non-hydrogen) atoms. The van der Waals surface area contributed by atoms with E-state index >= 15 is 0 Å². The Kier molecular flexibility index (Phi) is 11.7. The van der Waals surface area contributed by atoms with Crippen molar-refractivity contribution in [1.82, 2.24) is 25.1 Å². The van der Waals surface area contributed by atoms with Crippen molar-refractivity contribution < 1.29 is 9.47 Å². The van der Waals surface area contributed by atoms with Crippen molar-refractivity contribution in [3.05, 3.63) is 143 Å². The fourth-order valence-electron chi connectivity index (χ4n) is 6.27. The van der Waals surface area contributed by atoms with Crippen LogP contribution >= 0.6 is 0 Å². The van der Waals surface area contributed by atoms with E-state index in [4.69, 9.17) is 30.9 Å². The average molecular weight is 713 g/mol. The molecule has 1 atom stereocenters. The van der Waals surface area contributed by atoms with Crippen LogP contribution in [0.4, 0.5) is 23.1 Å². The number of nitrogens with zero attached hydrogens (tertiary/aromatic N) is 5. The molecule has 0 spiro atoms. The summed E-state index contributed by atoms with van der Waals surface area (Å²) in [5.74, 6) is 3.65. The molecule has 4 aromatic carbocycles.